The van der Waals surface area contributed by atoms with Gasteiger partial charge in [-0.2, -0.15) is 0 Å². The molecule has 1 aliphatic rings. The van der Waals surface area contributed by atoms with Gasteiger partial charge in [-0.25, -0.2) is 4.99 Å². The van der Waals surface area contributed by atoms with Gasteiger partial charge in [-0.1, -0.05) is 19.3 Å². The van der Waals surface area contributed by atoms with E-state index >= 15 is 0 Å². The zero-order valence-corrected chi connectivity index (χ0v) is 8.94. The van der Waals surface area contributed by atoms with Crippen LogP contribution in [0.4, 0.5) is 0 Å². The number of halogens is 1. The fourth-order valence-corrected chi connectivity index (χ4v) is 1.58. The Hall–Kier alpha value is -0.970. The molecule has 0 aromatic carbocycles. The smallest absolute Gasteiger partial charge is 0.195 e. The van der Waals surface area contributed by atoms with Crippen LogP contribution in [0, 0.1) is 5.41 Å². The molecule has 1 aliphatic carbocycles. The number of hydrogen-bond acceptors (Lipinski definition) is 2. The Balaban J connectivity index is 0.00000169. The average Bonchev–Trinajstić information content (AvgIpc) is 2.04. The summed E-state index contributed by atoms with van der Waals surface area (Å²) in [6.45, 7) is 0. The predicted octanol–water partition coefficient (Wildman–Crippen LogP) is 0.539. The highest BCUT2D eigenvalue weighted by Gasteiger charge is 2.12. The van der Waals surface area contributed by atoms with Gasteiger partial charge in [0.15, 0.2) is 11.9 Å². The molecule has 0 saturated heterocycles. The Morgan fingerprint density at radius 2 is 1.79 bits per heavy atom. The monoisotopic (exact) mass is 219 g/mol. The van der Waals surface area contributed by atoms with E-state index in [-0.39, 0.29) is 24.3 Å². The molecule has 0 heterocycles. The highest BCUT2D eigenvalue weighted by atomic mass is 35.5. The van der Waals surface area contributed by atoms with Gasteiger partial charge in [0.2, 0.25) is 0 Å². The summed E-state index contributed by atoms with van der Waals surface area (Å²) in [5.41, 5.74) is 10.6. The van der Waals surface area contributed by atoms with E-state index in [4.69, 9.17) is 16.9 Å². The van der Waals surface area contributed by atoms with E-state index in [0.29, 0.717) is 6.04 Å². The Labute approximate surface area is 90.3 Å². The summed E-state index contributed by atoms with van der Waals surface area (Å²) in [5, 5.41) is 9.43. The van der Waals surface area contributed by atoms with Crippen molar-refractivity contribution >= 4 is 24.3 Å². The highest BCUT2D eigenvalue weighted by Crippen LogP contribution is 2.19. The van der Waals surface area contributed by atoms with Crippen LogP contribution in [0.15, 0.2) is 4.99 Å². The molecule has 1 fully saturated rings. The van der Waals surface area contributed by atoms with Crippen LogP contribution in [0.25, 0.3) is 0 Å². The zero-order chi connectivity index (χ0) is 9.68. The molecule has 82 valence electrons. The van der Waals surface area contributed by atoms with Gasteiger partial charge in [0.1, 0.15) is 0 Å². The first-order chi connectivity index (χ1) is 6.18. The number of hydrogen-bond donors (Lipinski definition) is 4. The first-order valence-electron chi connectivity index (χ1n) is 4.63. The molecule has 14 heavy (non-hydrogen) atoms. The summed E-state index contributed by atoms with van der Waals surface area (Å²) in [7, 11) is 0. The molecule has 0 radical (unpaired) electrons. The maximum absolute atomic E-state index is 6.95. The second kappa shape index (κ2) is 6.48. The number of aliphatic imine (C=N–C) groups is 1. The van der Waals surface area contributed by atoms with Crippen LogP contribution in [0.2, 0.25) is 0 Å². The number of nitrogens with one attached hydrogen (secondary N) is 2. The standard InChI is InChI=1S/C8H17N5.ClH/c9-7(10)13-8(11)12-6-4-2-1-3-5-6;/h6H,1-5H2,(H6,9,10,11,12,13);1H. The number of nitrogens with two attached hydrogens (primary N) is 2. The maximum Gasteiger partial charge on any atom is 0.195 e. The van der Waals surface area contributed by atoms with E-state index in [1.54, 1.807) is 0 Å². The number of rotatable bonds is 1. The molecule has 1 saturated carbocycles. The largest absolute Gasteiger partial charge is 0.370 e. The van der Waals surface area contributed by atoms with Crippen molar-refractivity contribution in [1.29, 1.82) is 5.41 Å². The van der Waals surface area contributed by atoms with Gasteiger partial charge in [0, 0.05) is 0 Å². The molecule has 0 spiro atoms. The second-order valence-corrected chi connectivity index (χ2v) is 3.34. The molecule has 0 atom stereocenters. The fraction of sp³-hybridized carbons (Fsp3) is 0.750. The molecule has 6 N–H and O–H groups in total. The zero-order valence-electron chi connectivity index (χ0n) is 8.12. The minimum Gasteiger partial charge on any atom is -0.370 e. The van der Waals surface area contributed by atoms with E-state index in [2.05, 4.69) is 10.3 Å². The Morgan fingerprint density at radius 3 is 2.29 bits per heavy atom. The molecular formula is C8H18ClN5. The summed E-state index contributed by atoms with van der Waals surface area (Å²) in [5.74, 6) is 0.108. The summed E-state index contributed by atoms with van der Waals surface area (Å²) < 4.78 is 0. The lowest BCUT2D eigenvalue weighted by Crippen LogP contribution is -2.41. The van der Waals surface area contributed by atoms with Crippen LogP contribution < -0.4 is 16.8 Å². The lowest BCUT2D eigenvalue weighted by atomic mass is 9.96. The molecule has 0 amide bonds. The van der Waals surface area contributed by atoms with E-state index in [9.17, 15) is 0 Å². The first kappa shape index (κ1) is 13.0. The third-order valence-corrected chi connectivity index (χ3v) is 2.16. The van der Waals surface area contributed by atoms with Gasteiger partial charge in [0.05, 0.1) is 6.04 Å². The van der Waals surface area contributed by atoms with Crippen LogP contribution in [0.3, 0.4) is 0 Å². The van der Waals surface area contributed by atoms with Crippen LogP contribution in [-0.4, -0.2) is 18.0 Å². The molecule has 6 heteroatoms. The van der Waals surface area contributed by atoms with E-state index < -0.39 is 0 Å². The summed E-state index contributed by atoms with van der Waals surface area (Å²) in [6.07, 6.45) is 5.94. The van der Waals surface area contributed by atoms with Crippen molar-refractivity contribution < 1.29 is 0 Å². The number of nitrogens with zero attached hydrogens (tertiary/aromatic N) is 1. The van der Waals surface area contributed by atoms with Crippen molar-refractivity contribution in [2.24, 2.45) is 16.5 Å². The summed E-state index contributed by atoms with van der Waals surface area (Å²) in [4.78, 5) is 4.24. The lowest BCUT2D eigenvalue weighted by Gasteiger charge is -2.18. The average molecular weight is 220 g/mol. The van der Waals surface area contributed by atoms with Crippen molar-refractivity contribution in [2.45, 2.75) is 38.1 Å². The topological polar surface area (TPSA) is 100 Å². The first-order valence-corrected chi connectivity index (χ1v) is 4.63. The summed E-state index contributed by atoms with van der Waals surface area (Å²) in [6, 6.07) is 0.320. The third-order valence-electron chi connectivity index (χ3n) is 2.16. The second-order valence-electron chi connectivity index (χ2n) is 3.34. The maximum atomic E-state index is 6.95. The predicted molar refractivity (Wildman–Crippen MR) is 60.8 cm³/mol. The van der Waals surface area contributed by atoms with Crippen molar-refractivity contribution in [2.75, 3.05) is 0 Å². The Kier molecular flexibility index (Phi) is 6.03. The van der Waals surface area contributed by atoms with Crippen LogP contribution in [0.5, 0.6) is 0 Å². The van der Waals surface area contributed by atoms with Gasteiger partial charge in [-0.3, -0.25) is 10.7 Å². The fourth-order valence-electron chi connectivity index (χ4n) is 1.58. The minimum absolute atomic E-state index is 0. The lowest BCUT2D eigenvalue weighted by molar-refractivity contribution is 0.442. The van der Waals surface area contributed by atoms with Gasteiger partial charge >= 0.3 is 0 Å². The van der Waals surface area contributed by atoms with E-state index in [1.807, 2.05) is 0 Å². The van der Waals surface area contributed by atoms with Crippen molar-refractivity contribution in [3.63, 3.8) is 0 Å². The third kappa shape index (κ3) is 4.91. The molecule has 5 nitrogen and oxygen atoms in total. The molecule has 0 aliphatic heterocycles. The van der Waals surface area contributed by atoms with E-state index in [1.165, 1.54) is 19.3 Å². The molecule has 0 unspecified atom stereocenters. The van der Waals surface area contributed by atoms with Gasteiger partial charge < -0.3 is 11.5 Å². The quantitative estimate of drug-likeness (QED) is 0.383. The van der Waals surface area contributed by atoms with Crippen LogP contribution in [-0.2, 0) is 0 Å². The van der Waals surface area contributed by atoms with Gasteiger partial charge in [-0.05, 0) is 12.8 Å². The van der Waals surface area contributed by atoms with Crippen molar-refractivity contribution in [1.82, 2.24) is 5.32 Å². The van der Waals surface area contributed by atoms with Gasteiger partial charge in [0.25, 0.3) is 0 Å². The summed E-state index contributed by atoms with van der Waals surface area (Å²) >= 11 is 0. The van der Waals surface area contributed by atoms with Gasteiger partial charge in [-0.15, -0.1) is 12.4 Å². The highest BCUT2D eigenvalue weighted by molar-refractivity contribution is 5.95. The molecular weight excluding hydrogens is 202 g/mol. The molecule has 0 aromatic rings. The van der Waals surface area contributed by atoms with Crippen molar-refractivity contribution in [3.05, 3.63) is 0 Å². The Bertz CT molecular complexity index is 210. The van der Waals surface area contributed by atoms with Crippen LogP contribution in [0.1, 0.15) is 32.1 Å². The van der Waals surface area contributed by atoms with Crippen molar-refractivity contribution in [3.8, 4) is 0 Å². The SMILES string of the molecule is Cl.N=C(N)NC(N)=NC1CCCCC1. The molecule has 0 aromatic heterocycles. The van der Waals surface area contributed by atoms with E-state index in [0.717, 1.165) is 12.8 Å². The molecule has 0 bridgehead atoms. The Morgan fingerprint density at radius 1 is 1.21 bits per heavy atom. The number of guanidine groups is 2. The normalized spacial score (nSPS) is 18.4. The minimum atomic E-state index is -0.156. The molecule has 1 rings (SSSR count). The van der Waals surface area contributed by atoms with Crippen LogP contribution >= 0.6 is 12.4 Å².